The zero-order valence-electron chi connectivity index (χ0n) is 11.1. The van der Waals surface area contributed by atoms with E-state index in [4.69, 9.17) is 16.3 Å². The van der Waals surface area contributed by atoms with Gasteiger partial charge in [0.2, 0.25) is 0 Å². The van der Waals surface area contributed by atoms with Gasteiger partial charge in [-0.25, -0.2) is 0 Å². The van der Waals surface area contributed by atoms with Crippen LogP contribution in [0.15, 0.2) is 29.6 Å². The van der Waals surface area contributed by atoms with E-state index >= 15 is 0 Å². The molecule has 0 amide bonds. The minimum Gasteiger partial charge on any atom is -0.378 e. The fourth-order valence-electron chi connectivity index (χ4n) is 2.90. The molecule has 1 fully saturated rings. The summed E-state index contributed by atoms with van der Waals surface area (Å²) in [6.07, 6.45) is 3.92. The number of halogens is 1. The molecule has 0 bridgehead atoms. The summed E-state index contributed by atoms with van der Waals surface area (Å²) < 4.78 is 6.95. The summed E-state index contributed by atoms with van der Waals surface area (Å²) in [7, 11) is 0. The molecule has 1 aromatic carbocycles. The van der Waals surface area contributed by atoms with Crippen molar-refractivity contribution in [1.29, 1.82) is 0 Å². The average Bonchev–Trinajstić information content (AvgIpc) is 2.80. The molecule has 1 aliphatic rings. The van der Waals surface area contributed by atoms with Gasteiger partial charge in [0, 0.05) is 11.3 Å². The molecule has 19 heavy (non-hydrogen) atoms. The number of thiophene rings is 1. The molecular formula is C16H19ClOS. The standard InChI is InChI=1S/C16H19ClOS/c1-2-18-12-7-11(8-12)9-15(17)14-10-19-16-6-4-3-5-13(14)16/h3-6,10-12,15H,2,7-9H2,1H3. The van der Waals surface area contributed by atoms with Crippen molar-refractivity contribution in [3.8, 4) is 0 Å². The van der Waals surface area contributed by atoms with E-state index in [2.05, 4.69) is 36.6 Å². The Bertz CT molecular complexity index is 544. The molecule has 1 aliphatic carbocycles. The van der Waals surface area contributed by atoms with Crippen LogP contribution in [0.2, 0.25) is 0 Å². The van der Waals surface area contributed by atoms with Gasteiger partial charge in [-0.3, -0.25) is 0 Å². The lowest BCUT2D eigenvalue weighted by molar-refractivity contribution is -0.0266. The Balaban J connectivity index is 1.63. The van der Waals surface area contributed by atoms with E-state index in [1.54, 1.807) is 11.3 Å². The first-order valence-corrected chi connectivity index (χ1v) is 8.31. The monoisotopic (exact) mass is 294 g/mol. The van der Waals surface area contributed by atoms with Gasteiger partial charge in [0.1, 0.15) is 0 Å². The van der Waals surface area contributed by atoms with E-state index in [1.165, 1.54) is 28.5 Å². The second-order valence-corrected chi connectivity index (χ2v) is 6.74. The molecule has 1 saturated carbocycles. The van der Waals surface area contributed by atoms with Crippen molar-refractivity contribution in [2.24, 2.45) is 5.92 Å². The van der Waals surface area contributed by atoms with Gasteiger partial charge in [-0.2, -0.15) is 0 Å². The van der Waals surface area contributed by atoms with Crippen LogP contribution in [0.1, 0.15) is 37.1 Å². The van der Waals surface area contributed by atoms with E-state index in [0.717, 1.165) is 18.9 Å². The normalized spacial score (nSPS) is 24.3. The molecule has 0 spiro atoms. The highest BCUT2D eigenvalue weighted by molar-refractivity contribution is 7.17. The first-order valence-electron chi connectivity index (χ1n) is 6.99. The molecule has 0 saturated heterocycles. The highest BCUT2D eigenvalue weighted by Crippen LogP contribution is 2.42. The van der Waals surface area contributed by atoms with Crippen LogP contribution in [0.4, 0.5) is 0 Å². The van der Waals surface area contributed by atoms with Crippen molar-refractivity contribution in [2.75, 3.05) is 6.61 Å². The van der Waals surface area contributed by atoms with Gasteiger partial charge >= 0.3 is 0 Å². The molecular weight excluding hydrogens is 276 g/mol. The zero-order valence-corrected chi connectivity index (χ0v) is 12.7. The Labute approximate surface area is 123 Å². The second-order valence-electron chi connectivity index (χ2n) is 5.31. The van der Waals surface area contributed by atoms with E-state index < -0.39 is 0 Å². The van der Waals surface area contributed by atoms with E-state index in [0.29, 0.717) is 6.10 Å². The summed E-state index contributed by atoms with van der Waals surface area (Å²) in [5.41, 5.74) is 1.31. The van der Waals surface area contributed by atoms with Crippen LogP contribution in [-0.2, 0) is 4.74 Å². The summed E-state index contributed by atoms with van der Waals surface area (Å²) in [6.45, 7) is 2.89. The summed E-state index contributed by atoms with van der Waals surface area (Å²) in [5.74, 6) is 0.734. The van der Waals surface area contributed by atoms with Crippen molar-refractivity contribution in [3.05, 3.63) is 35.2 Å². The molecule has 1 heterocycles. The van der Waals surface area contributed by atoms with Crippen molar-refractivity contribution >= 4 is 33.0 Å². The average molecular weight is 295 g/mol. The molecule has 3 heteroatoms. The van der Waals surface area contributed by atoms with Crippen LogP contribution >= 0.6 is 22.9 Å². The predicted molar refractivity (Wildman–Crippen MR) is 83.2 cm³/mol. The topological polar surface area (TPSA) is 9.23 Å². The molecule has 1 unspecified atom stereocenters. The van der Waals surface area contributed by atoms with Crippen molar-refractivity contribution in [1.82, 2.24) is 0 Å². The fraction of sp³-hybridized carbons (Fsp3) is 0.500. The smallest absolute Gasteiger partial charge is 0.0602 e. The third-order valence-electron chi connectivity index (χ3n) is 3.98. The maximum absolute atomic E-state index is 6.62. The first-order chi connectivity index (χ1) is 9.28. The third kappa shape index (κ3) is 2.81. The number of fused-ring (bicyclic) bond motifs is 1. The van der Waals surface area contributed by atoms with Crippen LogP contribution < -0.4 is 0 Å². The van der Waals surface area contributed by atoms with Crippen molar-refractivity contribution in [2.45, 2.75) is 37.7 Å². The van der Waals surface area contributed by atoms with Crippen LogP contribution in [0, 0.1) is 5.92 Å². The van der Waals surface area contributed by atoms with E-state index in [9.17, 15) is 0 Å². The van der Waals surface area contributed by atoms with Crippen molar-refractivity contribution < 1.29 is 4.74 Å². The molecule has 0 N–H and O–H groups in total. The minimum atomic E-state index is 0.142. The Hall–Kier alpha value is -0.570. The van der Waals surface area contributed by atoms with Gasteiger partial charge in [-0.05, 0) is 54.5 Å². The molecule has 1 atom stereocenters. The maximum atomic E-state index is 6.62. The number of alkyl halides is 1. The quantitative estimate of drug-likeness (QED) is 0.672. The highest BCUT2D eigenvalue weighted by Gasteiger charge is 2.31. The molecule has 2 aromatic rings. The number of rotatable bonds is 5. The van der Waals surface area contributed by atoms with Crippen LogP contribution in [0.5, 0.6) is 0 Å². The summed E-state index contributed by atoms with van der Waals surface area (Å²) in [5, 5.41) is 3.69. The van der Waals surface area contributed by atoms with Crippen LogP contribution in [0.25, 0.3) is 10.1 Å². The Morgan fingerprint density at radius 1 is 1.37 bits per heavy atom. The lowest BCUT2D eigenvalue weighted by Gasteiger charge is -2.36. The molecule has 0 radical (unpaired) electrons. The number of hydrogen-bond donors (Lipinski definition) is 0. The van der Waals surface area contributed by atoms with E-state index in [1.807, 2.05) is 0 Å². The molecule has 102 valence electrons. The summed E-state index contributed by atoms with van der Waals surface area (Å²) in [6, 6.07) is 8.53. The van der Waals surface area contributed by atoms with Gasteiger partial charge in [0.15, 0.2) is 0 Å². The molecule has 1 aromatic heterocycles. The largest absolute Gasteiger partial charge is 0.378 e. The summed E-state index contributed by atoms with van der Waals surface area (Å²) >= 11 is 8.42. The fourth-order valence-corrected chi connectivity index (χ4v) is 4.42. The van der Waals surface area contributed by atoms with Gasteiger partial charge in [0.25, 0.3) is 0 Å². The molecule has 3 rings (SSSR count). The third-order valence-corrected chi connectivity index (χ3v) is 5.38. The van der Waals surface area contributed by atoms with Crippen molar-refractivity contribution in [3.63, 3.8) is 0 Å². The van der Waals surface area contributed by atoms with E-state index in [-0.39, 0.29) is 5.38 Å². The van der Waals surface area contributed by atoms with Gasteiger partial charge in [-0.1, -0.05) is 18.2 Å². The zero-order chi connectivity index (χ0) is 13.2. The molecule has 0 aliphatic heterocycles. The second kappa shape index (κ2) is 5.82. The molecule has 1 nitrogen and oxygen atoms in total. The Morgan fingerprint density at radius 3 is 2.95 bits per heavy atom. The first kappa shape index (κ1) is 13.4. The highest BCUT2D eigenvalue weighted by atomic mass is 35.5. The number of hydrogen-bond acceptors (Lipinski definition) is 2. The van der Waals surface area contributed by atoms with Gasteiger partial charge in [0.05, 0.1) is 11.5 Å². The predicted octanol–water partition coefficient (Wildman–Crippen LogP) is 5.39. The Kier molecular flexibility index (Phi) is 4.11. The van der Waals surface area contributed by atoms with Gasteiger partial charge < -0.3 is 4.74 Å². The maximum Gasteiger partial charge on any atom is 0.0602 e. The minimum absolute atomic E-state index is 0.142. The lowest BCUT2D eigenvalue weighted by atomic mass is 9.78. The van der Waals surface area contributed by atoms with Crippen LogP contribution in [-0.4, -0.2) is 12.7 Å². The lowest BCUT2D eigenvalue weighted by Crippen LogP contribution is -2.31. The summed E-state index contributed by atoms with van der Waals surface area (Å²) in [4.78, 5) is 0. The van der Waals surface area contributed by atoms with Crippen LogP contribution in [0.3, 0.4) is 0 Å². The Morgan fingerprint density at radius 2 is 2.16 bits per heavy atom. The number of benzene rings is 1. The van der Waals surface area contributed by atoms with Gasteiger partial charge in [-0.15, -0.1) is 22.9 Å². The number of ether oxygens (including phenoxy) is 1. The SMILES string of the molecule is CCOC1CC(CC(Cl)c2csc3ccccc23)C1.